The van der Waals surface area contributed by atoms with Crippen molar-refractivity contribution in [1.29, 1.82) is 0 Å². The van der Waals surface area contributed by atoms with E-state index in [1.165, 1.54) is 6.07 Å². The van der Waals surface area contributed by atoms with Gasteiger partial charge in [0.15, 0.2) is 0 Å². The normalized spacial score (nSPS) is 11.6. The molecule has 0 saturated carbocycles. The summed E-state index contributed by atoms with van der Waals surface area (Å²) in [7, 11) is 0. The summed E-state index contributed by atoms with van der Waals surface area (Å²) in [6, 6.07) is 8.64. The molecule has 0 aliphatic carbocycles. The highest BCUT2D eigenvalue weighted by Crippen LogP contribution is 2.30. The average molecular weight is 269 g/mol. The lowest BCUT2D eigenvalue weighted by Gasteiger charge is -2.11. The molecule has 1 nitrogen and oxygen atoms in total. The van der Waals surface area contributed by atoms with Crippen LogP contribution in [0.4, 0.5) is 13.2 Å². The summed E-state index contributed by atoms with van der Waals surface area (Å²) >= 11 is 5.11. The maximum absolute atomic E-state index is 12.6. The molecular formula is C13H10F3NS. The van der Waals surface area contributed by atoms with Gasteiger partial charge in [0.05, 0.1) is 5.56 Å². The predicted octanol–water partition coefficient (Wildman–Crippen LogP) is 4.53. The Labute approximate surface area is 108 Å². The van der Waals surface area contributed by atoms with E-state index in [4.69, 9.17) is 12.2 Å². The van der Waals surface area contributed by atoms with Crippen molar-refractivity contribution < 1.29 is 13.2 Å². The van der Waals surface area contributed by atoms with Gasteiger partial charge in [-0.05, 0) is 36.8 Å². The quantitative estimate of drug-likeness (QED) is 0.688. The topological polar surface area (TPSA) is 4.93 Å². The van der Waals surface area contributed by atoms with Crippen molar-refractivity contribution in [3.8, 4) is 5.69 Å². The molecule has 1 aromatic heterocycles. The molecule has 94 valence electrons. The van der Waals surface area contributed by atoms with E-state index in [1.54, 1.807) is 22.9 Å². The summed E-state index contributed by atoms with van der Waals surface area (Å²) in [5.41, 5.74) is 0.669. The predicted molar refractivity (Wildman–Crippen MR) is 66.3 cm³/mol. The largest absolute Gasteiger partial charge is 0.416 e. The van der Waals surface area contributed by atoms with Gasteiger partial charge in [-0.3, -0.25) is 0 Å². The third-order valence-corrected chi connectivity index (χ3v) is 2.84. The minimum atomic E-state index is -4.35. The van der Waals surface area contributed by atoms with E-state index >= 15 is 0 Å². The van der Waals surface area contributed by atoms with Gasteiger partial charge in [-0.25, -0.2) is 0 Å². The van der Waals surface area contributed by atoms with Crippen molar-refractivity contribution in [1.82, 2.24) is 4.57 Å². The van der Waals surface area contributed by atoms with Gasteiger partial charge in [0.1, 0.15) is 4.64 Å². The first kappa shape index (κ1) is 12.8. The second kappa shape index (κ2) is 4.57. The molecule has 0 fully saturated rings. The van der Waals surface area contributed by atoms with Crippen LogP contribution in [0.2, 0.25) is 0 Å². The summed E-state index contributed by atoms with van der Waals surface area (Å²) in [5.74, 6) is 0. The fourth-order valence-electron chi connectivity index (χ4n) is 1.63. The van der Waals surface area contributed by atoms with E-state index in [0.29, 0.717) is 10.3 Å². The maximum atomic E-state index is 12.6. The molecule has 0 amide bonds. The Kier molecular flexibility index (Phi) is 3.26. The molecule has 1 aromatic carbocycles. The van der Waals surface area contributed by atoms with Crippen LogP contribution in [0.5, 0.6) is 0 Å². The first-order chi connectivity index (χ1) is 8.38. The van der Waals surface area contributed by atoms with E-state index in [9.17, 15) is 13.2 Å². The standard InChI is InChI=1S/C13H10F3NS/c1-9-5-6-12(18)17(8-9)11-4-2-3-10(7-11)13(14,15)16/h2-8H,1H3. The Morgan fingerprint density at radius 1 is 1.11 bits per heavy atom. The van der Waals surface area contributed by atoms with Gasteiger partial charge in [0, 0.05) is 11.9 Å². The molecule has 0 aliphatic rings. The fraction of sp³-hybridized carbons (Fsp3) is 0.154. The Morgan fingerprint density at radius 2 is 1.83 bits per heavy atom. The van der Waals surface area contributed by atoms with E-state index in [-0.39, 0.29) is 0 Å². The molecule has 0 saturated heterocycles. The van der Waals surface area contributed by atoms with Crippen molar-refractivity contribution in [2.45, 2.75) is 13.1 Å². The highest BCUT2D eigenvalue weighted by molar-refractivity contribution is 7.71. The molecule has 0 radical (unpaired) electrons. The molecule has 0 bridgehead atoms. The third kappa shape index (κ3) is 2.61. The Morgan fingerprint density at radius 3 is 2.50 bits per heavy atom. The van der Waals surface area contributed by atoms with E-state index < -0.39 is 11.7 Å². The minimum Gasteiger partial charge on any atom is -0.308 e. The van der Waals surface area contributed by atoms with Crippen LogP contribution in [0.25, 0.3) is 5.69 Å². The first-order valence-corrected chi connectivity index (χ1v) is 5.66. The number of benzene rings is 1. The molecular weight excluding hydrogens is 259 g/mol. The number of aryl methyl sites for hydroxylation is 1. The second-order valence-electron chi connectivity index (χ2n) is 3.96. The molecule has 0 atom stereocenters. The summed E-state index contributed by atoms with van der Waals surface area (Å²) < 4.78 is 39.9. The third-order valence-electron chi connectivity index (χ3n) is 2.51. The molecule has 1 heterocycles. The number of hydrogen-bond acceptors (Lipinski definition) is 1. The maximum Gasteiger partial charge on any atom is 0.416 e. The van der Waals surface area contributed by atoms with Crippen LogP contribution in [0.3, 0.4) is 0 Å². The van der Waals surface area contributed by atoms with Crippen LogP contribution >= 0.6 is 12.2 Å². The van der Waals surface area contributed by atoms with Crippen molar-refractivity contribution >= 4 is 12.2 Å². The summed E-state index contributed by atoms with van der Waals surface area (Å²) in [4.78, 5) is 0. The van der Waals surface area contributed by atoms with Gasteiger partial charge in [-0.15, -0.1) is 0 Å². The van der Waals surface area contributed by atoms with Crippen LogP contribution < -0.4 is 0 Å². The molecule has 18 heavy (non-hydrogen) atoms. The van der Waals surface area contributed by atoms with Gasteiger partial charge in [-0.1, -0.05) is 24.4 Å². The highest BCUT2D eigenvalue weighted by atomic mass is 32.1. The zero-order chi connectivity index (χ0) is 13.3. The number of rotatable bonds is 1. The van der Waals surface area contributed by atoms with Gasteiger partial charge in [0.2, 0.25) is 0 Å². The van der Waals surface area contributed by atoms with Crippen molar-refractivity contribution in [3.05, 3.63) is 58.4 Å². The van der Waals surface area contributed by atoms with E-state index in [2.05, 4.69) is 0 Å². The van der Waals surface area contributed by atoms with Gasteiger partial charge < -0.3 is 4.57 Å². The Balaban J connectivity index is 2.58. The number of hydrogen-bond donors (Lipinski definition) is 0. The number of aromatic nitrogens is 1. The molecule has 5 heteroatoms. The van der Waals surface area contributed by atoms with Crippen LogP contribution in [-0.2, 0) is 6.18 Å². The molecule has 0 spiro atoms. The molecule has 0 aliphatic heterocycles. The molecule has 0 unspecified atom stereocenters. The van der Waals surface area contributed by atoms with Gasteiger partial charge >= 0.3 is 6.18 Å². The summed E-state index contributed by atoms with van der Waals surface area (Å²) in [6.45, 7) is 1.86. The zero-order valence-corrected chi connectivity index (χ0v) is 10.3. The number of nitrogens with zero attached hydrogens (tertiary/aromatic N) is 1. The number of halogens is 3. The summed E-state index contributed by atoms with van der Waals surface area (Å²) in [5, 5.41) is 0. The average Bonchev–Trinajstić information content (AvgIpc) is 2.31. The van der Waals surface area contributed by atoms with Gasteiger partial charge in [0.25, 0.3) is 0 Å². The Hall–Kier alpha value is -1.62. The lowest BCUT2D eigenvalue weighted by molar-refractivity contribution is -0.137. The van der Waals surface area contributed by atoms with Crippen molar-refractivity contribution in [2.75, 3.05) is 0 Å². The van der Waals surface area contributed by atoms with Crippen LogP contribution in [0.15, 0.2) is 42.6 Å². The van der Waals surface area contributed by atoms with Crippen LogP contribution in [-0.4, -0.2) is 4.57 Å². The van der Waals surface area contributed by atoms with Crippen molar-refractivity contribution in [3.63, 3.8) is 0 Å². The van der Waals surface area contributed by atoms with Gasteiger partial charge in [-0.2, -0.15) is 13.2 Å². The molecule has 0 N–H and O–H groups in total. The Bertz CT molecular complexity index is 629. The van der Waals surface area contributed by atoms with Crippen LogP contribution in [0.1, 0.15) is 11.1 Å². The smallest absolute Gasteiger partial charge is 0.308 e. The highest BCUT2D eigenvalue weighted by Gasteiger charge is 2.30. The SMILES string of the molecule is Cc1ccc(=S)n(-c2cccc(C(F)(F)F)c2)c1. The summed E-state index contributed by atoms with van der Waals surface area (Å²) in [6.07, 6.45) is -2.63. The zero-order valence-electron chi connectivity index (χ0n) is 9.53. The molecule has 2 rings (SSSR count). The minimum absolute atomic E-state index is 0.415. The van der Waals surface area contributed by atoms with E-state index in [0.717, 1.165) is 17.7 Å². The fourth-order valence-corrected chi connectivity index (χ4v) is 1.85. The number of pyridine rings is 1. The molecule has 2 aromatic rings. The lowest BCUT2D eigenvalue weighted by Crippen LogP contribution is -2.06. The number of alkyl halides is 3. The van der Waals surface area contributed by atoms with E-state index in [1.807, 2.05) is 13.0 Å². The lowest BCUT2D eigenvalue weighted by atomic mass is 10.2. The first-order valence-electron chi connectivity index (χ1n) is 5.25. The van der Waals surface area contributed by atoms with Crippen molar-refractivity contribution in [2.24, 2.45) is 0 Å². The monoisotopic (exact) mass is 269 g/mol. The van der Waals surface area contributed by atoms with Crippen LogP contribution in [0, 0.1) is 11.6 Å². The second-order valence-corrected chi connectivity index (χ2v) is 4.38.